The van der Waals surface area contributed by atoms with Gasteiger partial charge in [-0.05, 0) is 54.3 Å². The zero-order chi connectivity index (χ0) is 30.7. The molecule has 226 valence electrons. The van der Waals surface area contributed by atoms with Crippen LogP contribution in [0.1, 0.15) is 71.6 Å². The van der Waals surface area contributed by atoms with Crippen LogP contribution in [-0.4, -0.2) is 41.6 Å². The van der Waals surface area contributed by atoms with Crippen LogP contribution in [0.2, 0.25) is 5.02 Å². The maximum absolute atomic E-state index is 14.0. The number of aliphatic imine (C=N–C) groups is 1. The maximum atomic E-state index is 14.0. The van der Waals surface area contributed by atoms with Gasteiger partial charge in [-0.3, -0.25) is 4.57 Å². The average molecular weight is 614 g/mol. The van der Waals surface area contributed by atoms with E-state index in [1.165, 1.54) is 6.07 Å². The second-order valence-corrected chi connectivity index (χ2v) is 16.9. The predicted octanol–water partition coefficient (Wildman–Crippen LogP) is 9.46. The van der Waals surface area contributed by atoms with Crippen molar-refractivity contribution in [2.45, 2.75) is 83.3 Å². The fraction of sp³-hybridized carbons (Fsp3) is 0.516. The Hall–Kier alpha value is -2.28. The fourth-order valence-corrected chi connectivity index (χ4v) is 8.31. The highest BCUT2D eigenvalue weighted by molar-refractivity contribution is 7.62. The molecule has 5 nitrogen and oxygen atoms in total. The van der Waals surface area contributed by atoms with Gasteiger partial charge in [-0.1, -0.05) is 77.4 Å². The number of hydrogen-bond acceptors (Lipinski definition) is 5. The minimum Gasteiger partial charge on any atom is -0.489 e. The summed E-state index contributed by atoms with van der Waals surface area (Å²) in [5.74, 6) is 0.227. The second kappa shape index (κ2) is 12.5. The van der Waals surface area contributed by atoms with E-state index < -0.39 is 35.0 Å². The molecule has 0 bridgehead atoms. The number of aryl methyl sites for hydroxylation is 1. The Balaban J connectivity index is 1.76. The second-order valence-electron chi connectivity index (χ2n) is 12.4. The molecule has 2 aromatic rings. The molecule has 0 spiro atoms. The number of nitrogens with zero attached hydrogens (tertiary/aromatic N) is 1. The van der Waals surface area contributed by atoms with E-state index in [4.69, 9.17) is 25.6 Å². The van der Waals surface area contributed by atoms with Crippen LogP contribution in [0.3, 0.4) is 0 Å². The topological polar surface area (TPSA) is 57.1 Å². The summed E-state index contributed by atoms with van der Waals surface area (Å²) in [6.07, 6.45) is -0.577. The molecule has 1 aliphatic rings. The molecule has 0 amide bonds. The van der Waals surface area contributed by atoms with E-state index in [1.54, 1.807) is 43.3 Å². The molecule has 0 saturated carbocycles. The van der Waals surface area contributed by atoms with E-state index >= 15 is 0 Å². The van der Waals surface area contributed by atoms with Crippen molar-refractivity contribution < 1.29 is 31.7 Å². The van der Waals surface area contributed by atoms with Crippen molar-refractivity contribution >= 4 is 30.9 Å². The average Bonchev–Trinajstić information content (AvgIpc) is 3.23. The van der Waals surface area contributed by atoms with Gasteiger partial charge < -0.3 is 14.0 Å². The first-order valence-electron chi connectivity index (χ1n) is 13.5. The van der Waals surface area contributed by atoms with E-state index in [0.29, 0.717) is 22.9 Å². The number of benzene rings is 2. The van der Waals surface area contributed by atoms with Gasteiger partial charge in [0.05, 0.1) is 12.2 Å². The Bertz CT molecular complexity index is 1310. The normalized spacial score (nSPS) is 18.5. The first-order valence-corrected chi connectivity index (χ1v) is 15.5. The molecule has 1 unspecified atom stereocenters. The molecule has 0 N–H and O–H groups in total. The number of alkyl halides is 3. The zero-order valence-electron chi connectivity index (χ0n) is 24.8. The molecule has 0 aromatic heterocycles. The van der Waals surface area contributed by atoms with Crippen LogP contribution in [0, 0.1) is 0 Å². The summed E-state index contributed by atoms with van der Waals surface area (Å²) in [5.41, 5.74) is -0.396. The Morgan fingerprint density at radius 2 is 1.76 bits per heavy atom. The lowest BCUT2D eigenvalue weighted by Crippen LogP contribution is -2.38. The van der Waals surface area contributed by atoms with Gasteiger partial charge in [0.1, 0.15) is 24.5 Å². The molecule has 1 atom stereocenters. The molecule has 3 rings (SSSR count). The van der Waals surface area contributed by atoms with Crippen LogP contribution in [0.25, 0.3) is 6.08 Å². The third-order valence-corrected chi connectivity index (χ3v) is 11.2. The van der Waals surface area contributed by atoms with Gasteiger partial charge in [-0.2, -0.15) is 13.2 Å². The van der Waals surface area contributed by atoms with Gasteiger partial charge in [0, 0.05) is 22.3 Å². The molecule has 0 saturated heterocycles. The van der Waals surface area contributed by atoms with Crippen molar-refractivity contribution in [2.75, 3.05) is 19.8 Å². The summed E-state index contributed by atoms with van der Waals surface area (Å²) >= 11 is 5.97. The van der Waals surface area contributed by atoms with Crippen molar-refractivity contribution in [2.24, 2.45) is 4.99 Å². The van der Waals surface area contributed by atoms with E-state index in [0.717, 1.165) is 11.6 Å². The third-order valence-electron chi connectivity index (χ3n) is 6.95. The SMILES string of the molecule is CC1=NC(CCc2ccc(OCC=Cc3cccc(Cl)c3)c(C(F)(F)F)c2)(COP(=O)(C(C)(C)C)C(C)(C)C)CO1. The first kappa shape index (κ1) is 33.2. The Morgan fingerprint density at radius 3 is 2.32 bits per heavy atom. The van der Waals surface area contributed by atoms with Gasteiger partial charge in [0.25, 0.3) is 0 Å². The van der Waals surface area contributed by atoms with Gasteiger partial charge in [-0.15, -0.1) is 0 Å². The molecule has 0 radical (unpaired) electrons. The highest BCUT2D eigenvalue weighted by atomic mass is 35.5. The van der Waals surface area contributed by atoms with Crippen molar-refractivity contribution in [3.8, 4) is 5.75 Å². The molecular weight excluding hydrogens is 574 g/mol. The summed E-state index contributed by atoms with van der Waals surface area (Å²) in [6, 6.07) is 11.2. The molecular formula is C31H40ClF3NO4P. The monoisotopic (exact) mass is 613 g/mol. The van der Waals surface area contributed by atoms with E-state index in [1.807, 2.05) is 47.6 Å². The molecule has 41 heavy (non-hydrogen) atoms. The first-order chi connectivity index (χ1) is 18.9. The van der Waals surface area contributed by atoms with Gasteiger partial charge in [0.15, 0.2) is 5.90 Å². The number of hydrogen-bond donors (Lipinski definition) is 0. The molecule has 0 fully saturated rings. The quantitative estimate of drug-likeness (QED) is 0.250. The molecule has 0 aliphatic carbocycles. The van der Waals surface area contributed by atoms with Crippen LogP contribution >= 0.6 is 19.0 Å². The van der Waals surface area contributed by atoms with E-state index in [-0.39, 0.29) is 32.0 Å². The minimum atomic E-state index is -4.60. The lowest BCUT2D eigenvalue weighted by atomic mass is 9.93. The molecule has 1 aliphatic heterocycles. The Morgan fingerprint density at radius 1 is 1.07 bits per heavy atom. The number of ether oxygens (including phenoxy) is 2. The van der Waals surface area contributed by atoms with E-state index in [2.05, 4.69) is 4.99 Å². The summed E-state index contributed by atoms with van der Waals surface area (Å²) in [4.78, 5) is 4.66. The maximum Gasteiger partial charge on any atom is 0.419 e. The van der Waals surface area contributed by atoms with Crippen molar-refractivity contribution in [3.05, 3.63) is 70.3 Å². The summed E-state index contributed by atoms with van der Waals surface area (Å²) in [7, 11) is -3.17. The summed E-state index contributed by atoms with van der Waals surface area (Å²) < 4.78 is 73.4. The van der Waals surface area contributed by atoms with Crippen LogP contribution in [-0.2, 0) is 26.4 Å². The summed E-state index contributed by atoms with van der Waals surface area (Å²) in [5, 5.41) is -0.643. The molecule has 1 heterocycles. The molecule has 2 aromatic carbocycles. The van der Waals surface area contributed by atoms with Crippen LogP contribution in [0.15, 0.2) is 53.5 Å². The third kappa shape index (κ3) is 8.39. The van der Waals surface area contributed by atoms with Crippen LogP contribution in [0.4, 0.5) is 13.2 Å². The van der Waals surface area contributed by atoms with Crippen LogP contribution < -0.4 is 4.74 Å². The van der Waals surface area contributed by atoms with E-state index in [9.17, 15) is 17.7 Å². The highest BCUT2D eigenvalue weighted by Gasteiger charge is 2.50. The largest absolute Gasteiger partial charge is 0.489 e. The summed E-state index contributed by atoms with van der Waals surface area (Å²) in [6.45, 7) is 13.3. The fourth-order valence-electron chi connectivity index (χ4n) is 4.91. The van der Waals surface area contributed by atoms with Crippen molar-refractivity contribution in [3.63, 3.8) is 0 Å². The lowest BCUT2D eigenvalue weighted by molar-refractivity contribution is -0.138. The molecule has 10 heteroatoms. The standard InChI is InChI=1S/C31H40ClF3NO4P/c1-22-36-30(20-39-22,21-40-41(37,28(2,3)4)29(5,6)7)16-15-24-13-14-27(26(19-24)31(33,34)35)38-17-9-11-23-10-8-12-25(32)18-23/h8-14,18-19H,15-17,20-21H2,1-7H3. The van der Waals surface area contributed by atoms with Gasteiger partial charge >= 0.3 is 6.18 Å². The Kier molecular flexibility index (Phi) is 10.2. The Labute approximate surface area is 246 Å². The number of halogens is 4. The van der Waals surface area contributed by atoms with Crippen molar-refractivity contribution in [1.82, 2.24) is 0 Å². The van der Waals surface area contributed by atoms with Crippen molar-refractivity contribution in [1.29, 1.82) is 0 Å². The minimum absolute atomic E-state index is 0.0394. The predicted molar refractivity (Wildman–Crippen MR) is 161 cm³/mol. The number of rotatable bonds is 10. The van der Waals surface area contributed by atoms with Gasteiger partial charge in [-0.25, -0.2) is 4.99 Å². The van der Waals surface area contributed by atoms with Gasteiger partial charge in [0.2, 0.25) is 7.37 Å². The zero-order valence-corrected chi connectivity index (χ0v) is 26.4. The highest BCUT2D eigenvalue weighted by Crippen LogP contribution is 2.67. The smallest absolute Gasteiger partial charge is 0.419 e. The lowest BCUT2D eigenvalue weighted by Gasteiger charge is -2.41. The van der Waals surface area contributed by atoms with Crippen LogP contribution in [0.5, 0.6) is 5.75 Å².